The number of carbonyl (C=O) groups is 2. The minimum absolute atomic E-state index is 0.305. The second kappa shape index (κ2) is 3.41. The molecule has 2 amide bonds. The SMILES string of the molecule is CS(C)(=O)=NN1C(=O)c2ccccc2C1=O. The van der Waals surface area contributed by atoms with Gasteiger partial charge >= 0.3 is 0 Å². The summed E-state index contributed by atoms with van der Waals surface area (Å²) in [5.41, 5.74) is 0.611. The molecule has 0 N–H and O–H groups in total. The lowest BCUT2D eigenvalue weighted by molar-refractivity contribution is 0.0661. The van der Waals surface area contributed by atoms with Crippen molar-refractivity contribution < 1.29 is 13.8 Å². The van der Waals surface area contributed by atoms with Crippen LogP contribution >= 0.6 is 0 Å². The van der Waals surface area contributed by atoms with Crippen LogP contribution < -0.4 is 0 Å². The molecule has 0 aromatic heterocycles. The lowest BCUT2D eigenvalue weighted by Gasteiger charge is -2.06. The Morgan fingerprint density at radius 1 is 1.06 bits per heavy atom. The molecule has 0 bridgehead atoms. The molecule has 0 unspecified atom stereocenters. The summed E-state index contributed by atoms with van der Waals surface area (Å²) in [5, 5.41) is 0.687. The third kappa shape index (κ3) is 1.71. The van der Waals surface area contributed by atoms with Crippen LogP contribution in [0.5, 0.6) is 0 Å². The number of imide groups is 1. The number of benzene rings is 1. The summed E-state index contributed by atoms with van der Waals surface area (Å²) in [6.45, 7) is 0. The van der Waals surface area contributed by atoms with E-state index < -0.39 is 21.5 Å². The van der Waals surface area contributed by atoms with Crippen LogP contribution in [0.15, 0.2) is 28.7 Å². The molecule has 1 aromatic rings. The fourth-order valence-electron chi connectivity index (χ4n) is 1.45. The van der Waals surface area contributed by atoms with E-state index in [4.69, 9.17) is 0 Å². The maximum atomic E-state index is 11.8. The Balaban J connectivity index is 2.56. The Hall–Kier alpha value is -1.69. The van der Waals surface area contributed by atoms with Gasteiger partial charge in [0, 0.05) is 12.5 Å². The first-order valence-electron chi connectivity index (χ1n) is 4.55. The Labute approximate surface area is 93.2 Å². The molecule has 0 fully saturated rings. The maximum absolute atomic E-state index is 11.8. The molecular weight excluding hydrogens is 228 g/mol. The van der Waals surface area contributed by atoms with Crippen LogP contribution in [0.4, 0.5) is 0 Å². The predicted molar refractivity (Wildman–Crippen MR) is 59.4 cm³/mol. The van der Waals surface area contributed by atoms with E-state index in [1.54, 1.807) is 24.3 Å². The number of carbonyl (C=O) groups excluding carboxylic acids is 2. The van der Waals surface area contributed by atoms with Gasteiger partial charge in [-0.3, -0.25) is 9.59 Å². The third-order valence-corrected chi connectivity index (χ3v) is 2.61. The lowest BCUT2D eigenvalue weighted by atomic mass is 10.1. The molecule has 2 rings (SSSR count). The molecular formula is C10H10N2O3S. The second-order valence-corrected chi connectivity index (χ2v) is 6.26. The zero-order valence-electron chi connectivity index (χ0n) is 8.84. The van der Waals surface area contributed by atoms with Gasteiger partial charge in [0.2, 0.25) is 0 Å². The summed E-state index contributed by atoms with van der Waals surface area (Å²) in [4.78, 5) is 23.5. The highest BCUT2D eigenvalue weighted by Gasteiger charge is 2.35. The number of rotatable bonds is 1. The maximum Gasteiger partial charge on any atom is 0.282 e. The van der Waals surface area contributed by atoms with Gasteiger partial charge in [-0.25, -0.2) is 4.21 Å². The van der Waals surface area contributed by atoms with Crippen LogP contribution in [0.25, 0.3) is 0 Å². The van der Waals surface area contributed by atoms with Crippen molar-refractivity contribution in [3.63, 3.8) is 0 Å². The molecule has 0 atom stereocenters. The van der Waals surface area contributed by atoms with Gasteiger partial charge in [0.15, 0.2) is 0 Å². The molecule has 0 aliphatic carbocycles. The van der Waals surface area contributed by atoms with Crippen molar-refractivity contribution in [1.82, 2.24) is 5.01 Å². The Morgan fingerprint density at radius 2 is 1.50 bits per heavy atom. The molecule has 0 saturated heterocycles. The van der Waals surface area contributed by atoms with E-state index in [2.05, 4.69) is 4.47 Å². The minimum atomic E-state index is -2.53. The first kappa shape index (κ1) is 10.8. The summed E-state index contributed by atoms with van der Waals surface area (Å²) in [6.07, 6.45) is 2.74. The molecule has 0 saturated carbocycles. The number of hydrogen-bond acceptors (Lipinski definition) is 4. The summed E-state index contributed by atoms with van der Waals surface area (Å²) in [5.74, 6) is -1.03. The average molecular weight is 238 g/mol. The van der Waals surface area contributed by atoms with E-state index in [1.807, 2.05) is 0 Å². The first-order valence-corrected chi connectivity index (χ1v) is 6.88. The number of fused-ring (bicyclic) bond motifs is 1. The van der Waals surface area contributed by atoms with Crippen LogP contribution in [-0.2, 0) is 9.73 Å². The van der Waals surface area contributed by atoms with Crippen LogP contribution in [0.3, 0.4) is 0 Å². The molecule has 1 aliphatic rings. The van der Waals surface area contributed by atoms with Gasteiger partial charge in [0.1, 0.15) is 0 Å². The number of amides is 2. The molecule has 1 heterocycles. The lowest BCUT2D eigenvalue weighted by Crippen LogP contribution is -2.25. The van der Waals surface area contributed by atoms with Crippen molar-refractivity contribution in [2.24, 2.45) is 4.47 Å². The second-order valence-electron chi connectivity index (χ2n) is 3.73. The monoisotopic (exact) mass is 238 g/mol. The molecule has 6 heteroatoms. The summed E-state index contributed by atoms with van der Waals surface area (Å²) >= 11 is 0. The smallest absolute Gasteiger partial charge is 0.267 e. The fourth-order valence-corrected chi connectivity index (χ4v) is 1.99. The van der Waals surface area contributed by atoms with Crippen molar-refractivity contribution in [3.05, 3.63) is 35.4 Å². The van der Waals surface area contributed by atoms with Gasteiger partial charge in [-0.05, 0) is 12.1 Å². The van der Waals surface area contributed by atoms with Crippen LogP contribution in [0.1, 0.15) is 20.7 Å². The minimum Gasteiger partial charge on any atom is -0.267 e. The molecule has 1 aliphatic heterocycles. The van der Waals surface area contributed by atoms with Crippen LogP contribution in [0, 0.1) is 0 Å². The Bertz CT molecular complexity index is 557. The van der Waals surface area contributed by atoms with Crippen molar-refractivity contribution in [2.75, 3.05) is 12.5 Å². The Morgan fingerprint density at radius 3 is 1.88 bits per heavy atom. The molecule has 0 radical (unpaired) electrons. The van der Waals surface area contributed by atoms with E-state index in [9.17, 15) is 13.8 Å². The van der Waals surface area contributed by atoms with E-state index >= 15 is 0 Å². The summed E-state index contributed by atoms with van der Waals surface area (Å²) < 4.78 is 15.1. The molecule has 1 aromatic carbocycles. The van der Waals surface area contributed by atoms with E-state index in [0.717, 1.165) is 0 Å². The van der Waals surface area contributed by atoms with Gasteiger partial charge < -0.3 is 0 Å². The van der Waals surface area contributed by atoms with Gasteiger partial charge in [0.25, 0.3) is 11.8 Å². The molecule has 0 spiro atoms. The zero-order chi connectivity index (χ0) is 11.9. The van der Waals surface area contributed by atoms with Crippen molar-refractivity contribution in [3.8, 4) is 0 Å². The zero-order valence-corrected chi connectivity index (χ0v) is 9.65. The number of hydrogen-bond donors (Lipinski definition) is 0. The molecule has 5 nitrogen and oxygen atoms in total. The highest BCUT2D eigenvalue weighted by Crippen LogP contribution is 2.22. The van der Waals surface area contributed by atoms with Crippen molar-refractivity contribution in [2.45, 2.75) is 0 Å². The van der Waals surface area contributed by atoms with Crippen molar-refractivity contribution in [1.29, 1.82) is 0 Å². The van der Waals surface area contributed by atoms with E-state index in [1.165, 1.54) is 12.5 Å². The van der Waals surface area contributed by atoms with E-state index in [0.29, 0.717) is 16.1 Å². The van der Waals surface area contributed by atoms with Crippen molar-refractivity contribution >= 4 is 21.5 Å². The van der Waals surface area contributed by atoms with Gasteiger partial charge in [-0.1, -0.05) is 12.1 Å². The number of nitrogens with zero attached hydrogens (tertiary/aromatic N) is 2. The molecule has 84 valence electrons. The van der Waals surface area contributed by atoms with Crippen LogP contribution in [-0.4, -0.2) is 33.5 Å². The predicted octanol–water partition coefficient (Wildman–Crippen LogP) is 0.925. The largest absolute Gasteiger partial charge is 0.282 e. The van der Waals surface area contributed by atoms with Gasteiger partial charge in [-0.2, -0.15) is 0 Å². The first-order chi connectivity index (χ1) is 7.40. The quantitative estimate of drug-likeness (QED) is 0.683. The third-order valence-electron chi connectivity index (χ3n) is 2.05. The van der Waals surface area contributed by atoms with E-state index in [-0.39, 0.29) is 0 Å². The standard InChI is InChI=1S/C10H10N2O3S/c1-16(2,15)11-12-9(13)7-5-3-4-6-8(7)10(12)14/h3-6H,1-2H3. The fraction of sp³-hybridized carbons (Fsp3) is 0.200. The highest BCUT2D eigenvalue weighted by atomic mass is 32.2. The summed E-state index contributed by atoms with van der Waals surface area (Å²) in [6, 6.07) is 6.45. The molecule has 16 heavy (non-hydrogen) atoms. The topological polar surface area (TPSA) is 66.8 Å². The normalized spacial score (nSPS) is 15.2. The highest BCUT2D eigenvalue weighted by molar-refractivity contribution is 7.92. The summed E-state index contributed by atoms with van der Waals surface area (Å²) in [7, 11) is -2.53. The Kier molecular flexibility index (Phi) is 2.31. The van der Waals surface area contributed by atoms with Crippen LogP contribution in [0.2, 0.25) is 0 Å². The van der Waals surface area contributed by atoms with Gasteiger partial charge in [-0.15, -0.1) is 9.48 Å². The average Bonchev–Trinajstić information content (AvgIpc) is 2.43. The van der Waals surface area contributed by atoms with Gasteiger partial charge in [0.05, 0.1) is 20.9 Å².